The Bertz CT molecular complexity index is 129. The third-order valence-corrected chi connectivity index (χ3v) is 1.06. The van der Waals surface area contributed by atoms with Crippen LogP contribution in [0.2, 0.25) is 0 Å². The second-order valence-corrected chi connectivity index (χ2v) is 1.51. The zero-order valence-electron chi connectivity index (χ0n) is 6.05. The normalized spacial score (nSPS) is 11.2. The molecule has 0 saturated heterocycles. The average molecular weight is 130 g/mol. The monoisotopic (exact) mass is 130 g/mol. The lowest BCUT2D eigenvalue weighted by Crippen LogP contribution is -2.20. The zero-order valence-corrected chi connectivity index (χ0v) is 6.05. The lowest BCUT2D eigenvalue weighted by molar-refractivity contribution is -0.437. The molecule has 0 spiro atoms. The Balaban J connectivity index is 3.97. The Morgan fingerprint density at radius 1 is 1.78 bits per heavy atom. The number of carbonyl (C=O) groups excluding carboxylic acids is 1. The second kappa shape index (κ2) is 4.06. The molecule has 0 aliphatic heterocycles. The van der Waals surface area contributed by atoms with Gasteiger partial charge in [0.15, 0.2) is 6.54 Å². The van der Waals surface area contributed by atoms with Crippen LogP contribution in [0, 0.1) is 0 Å². The van der Waals surface area contributed by atoms with Crippen LogP contribution in [0.15, 0.2) is 0 Å². The van der Waals surface area contributed by atoms with E-state index in [4.69, 9.17) is 0 Å². The van der Waals surface area contributed by atoms with Crippen molar-refractivity contribution in [1.82, 2.24) is 0 Å². The molecular formula is C6H12NO2+. The minimum absolute atomic E-state index is 0.306. The molecule has 0 rings (SSSR count). The fourth-order valence-corrected chi connectivity index (χ4v) is 0.534. The first-order chi connectivity index (χ1) is 4.26. The van der Waals surface area contributed by atoms with Crippen LogP contribution >= 0.6 is 0 Å². The zero-order chi connectivity index (χ0) is 7.28. The van der Waals surface area contributed by atoms with Crippen molar-refractivity contribution in [3.63, 3.8) is 0 Å². The standard InChI is InChI=1S/C6H12NO2/c1-4-7(5-2)6(8)9-3/h4H,5H2,1-3H3/q+1. The van der Waals surface area contributed by atoms with Crippen molar-refractivity contribution in [1.29, 1.82) is 0 Å². The van der Waals surface area contributed by atoms with Crippen molar-refractivity contribution in [2.75, 3.05) is 13.7 Å². The van der Waals surface area contributed by atoms with E-state index in [1.807, 2.05) is 6.92 Å². The Labute approximate surface area is 54.9 Å². The molecule has 0 heterocycles. The molecule has 0 aliphatic rings. The van der Waals surface area contributed by atoms with E-state index in [1.54, 1.807) is 13.1 Å². The van der Waals surface area contributed by atoms with Gasteiger partial charge >= 0.3 is 6.09 Å². The summed E-state index contributed by atoms with van der Waals surface area (Å²) in [4.78, 5) is 10.6. The van der Waals surface area contributed by atoms with Gasteiger partial charge in [-0.05, 0) is 6.92 Å². The van der Waals surface area contributed by atoms with Crippen molar-refractivity contribution in [3.05, 3.63) is 0 Å². The highest BCUT2D eigenvalue weighted by Crippen LogP contribution is 1.79. The number of methoxy groups -OCH3 is 1. The van der Waals surface area contributed by atoms with Gasteiger partial charge < -0.3 is 4.74 Å². The van der Waals surface area contributed by atoms with E-state index < -0.39 is 0 Å². The molecule has 0 unspecified atom stereocenters. The number of hydrogen-bond donors (Lipinski definition) is 0. The largest absolute Gasteiger partial charge is 0.595 e. The minimum Gasteiger partial charge on any atom is -0.415 e. The van der Waals surface area contributed by atoms with Gasteiger partial charge in [0, 0.05) is 6.92 Å². The van der Waals surface area contributed by atoms with Crippen LogP contribution in [0.5, 0.6) is 0 Å². The maximum absolute atomic E-state index is 10.6. The van der Waals surface area contributed by atoms with E-state index in [9.17, 15) is 4.79 Å². The van der Waals surface area contributed by atoms with E-state index in [0.29, 0.717) is 6.54 Å². The Kier molecular flexibility index (Phi) is 3.67. The van der Waals surface area contributed by atoms with Gasteiger partial charge in [0.1, 0.15) is 6.21 Å². The summed E-state index contributed by atoms with van der Waals surface area (Å²) in [6, 6.07) is 0. The van der Waals surface area contributed by atoms with E-state index in [-0.39, 0.29) is 6.09 Å². The molecule has 3 nitrogen and oxygen atoms in total. The Morgan fingerprint density at radius 3 is 2.44 bits per heavy atom. The van der Waals surface area contributed by atoms with Crippen molar-refractivity contribution in [3.8, 4) is 0 Å². The molecule has 0 aromatic heterocycles. The van der Waals surface area contributed by atoms with Crippen LogP contribution in [0.3, 0.4) is 0 Å². The summed E-state index contributed by atoms with van der Waals surface area (Å²) in [5.41, 5.74) is 0. The molecule has 52 valence electrons. The topological polar surface area (TPSA) is 29.3 Å². The predicted molar refractivity (Wildman–Crippen MR) is 34.9 cm³/mol. The number of amides is 1. The molecule has 1 amide bonds. The smallest absolute Gasteiger partial charge is 0.415 e. The van der Waals surface area contributed by atoms with Crippen LogP contribution in [-0.4, -0.2) is 30.5 Å². The van der Waals surface area contributed by atoms with E-state index in [0.717, 1.165) is 0 Å². The maximum atomic E-state index is 10.6. The molecule has 3 heteroatoms. The first kappa shape index (κ1) is 8.14. The third-order valence-electron chi connectivity index (χ3n) is 1.06. The van der Waals surface area contributed by atoms with Gasteiger partial charge in [-0.1, -0.05) is 0 Å². The highest BCUT2D eigenvalue weighted by atomic mass is 16.5. The van der Waals surface area contributed by atoms with Crippen LogP contribution in [0.1, 0.15) is 13.8 Å². The summed E-state index contributed by atoms with van der Waals surface area (Å²) >= 11 is 0. The lowest BCUT2D eigenvalue weighted by atomic mass is 10.7. The maximum Gasteiger partial charge on any atom is 0.595 e. The molecular weight excluding hydrogens is 118 g/mol. The van der Waals surface area contributed by atoms with Gasteiger partial charge in [0.05, 0.1) is 7.11 Å². The summed E-state index contributed by atoms with van der Waals surface area (Å²) in [7, 11) is 1.37. The number of nitrogens with zero attached hydrogens (tertiary/aromatic N) is 1. The molecule has 0 aromatic rings. The molecule has 0 aliphatic carbocycles. The van der Waals surface area contributed by atoms with Gasteiger partial charge in [-0.2, -0.15) is 4.79 Å². The molecule has 0 saturated carbocycles. The first-order valence-corrected chi connectivity index (χ1v) is 2.90. The lowest BCUT2D eigenvalue weighted by Gasteiger charge is -1.92. The molecule has 0 atom stereocenters. The number of carbonyl (C=O) groups is 1. The van der Waals surface area contributed by atoms with Crippen molar-refractivity contribution in [2.45, 2.75) is 13.8 Å². The molecule has 9 heavy (non-hydrogen) atoms. The number of rotatable bonds is 1. The summed E-state index contributed by atoms with van der Waals surface area (Å²) < 4.78 is 5.94. The molecule has 0 radical (unpaired) electrons. The van der Waals surface area contributed by atoms with Crippen molar-refractivity contribution in [2.24, 2.45) is 0 Å². The SMILES string of the molecule is CC=[N+](CC)C(=O)OC. The number of ether oxygens (including phenoxy) is 1. The van der Waals surface area contributed by atoms with E-state index >= 15 is 0 Å². The van der Waals surface area contributed by atoms with E-state index in [2.05, 4.69) is 4.74 Å². The fourth-order valence-electron chi connectivity index (χ4n) is 0.534. The fraction of sp³-hybridized carbons (Fsp3) is 0.667. The van der Waals surface area contributed by atoms with Gasteiger partial charge in [0.2, 0.25) is 0 Å². The minimum atomic E-state index is -0.306. The van der Waals surface area contributed by atoms with Crippen LogP contribution in [0.4, 0.5) is 4.79 Å². The summed E-state index contributed by atoms with van der Waals surface area (Å²) in [6.45, 7) is 4.33. The highest BCUT2D eigenvalue weighted by molar-refractivity contribution is 5.64. The second-order valence-electron chi connectivity index (χ2n) is 1.51. The van der Waals surface area contributed by atoms with Crippen molar-refractivity contribution >= 4 is 12.3 Å². The third kappa shape index (κ3) is 2.26. The summed E-state index contributed by atoms with van der Waals surface area (Å²) in [6.07, 6.45) is 1.38. The summed E-state index contributed by atoms with van der Waals surface area (Å²) in [5, 5.41) is 0. The van der Waals surface area contributed by atoms with Crippen LogP contribution in [0.25, 0.3) is 0 Å². The number of hydrogen-bond acceptors (Lipinski definition) is 2. The Hall–Kier alpha value is -0.860. The summed E-state index contributed by atoms with van der Waals surface area (Å²) in [5.74, 6) is 0. The molecule has 0 fully saturated rings. The van der Waals surface area contributed by atoms with E-state index in [1.165, 1.54) is 11.7 Å². The predicted octanol–water partition coefficient (Wildman–Crippen LogP) is 0.876. The Morgan fingerprint density at radius 2 is 2.33 bits per heavy atom. The van der Waals surface area contributed by atoms with Crippen molar-refractivity contribution < 1.29 is 14.1 Å². The van der Waals surface area contributed by atoms with Gasteiger partial charge in [-0.25, -0.2) is 0 Å². The van der Waals surface area contributed by atoms with Gasteiger partial charge in [-0.3, -0.25) is 0 Å². The average Bonchev–Trinajstić information content (AvgIpc) is 1.90. The molecule has 0 N–H and O–H groups in total. The van der Waals surface area contributed by atoms with Crippen LogP contribution < -0.4 is 0 Å². The molecule has 0 bridgehead atoms. The van der Waals surface area contributed by atoms with Gasteiger partial charge in [0.25, 0.3) is 0 Å². The van der Waals surface area contributed by atoms with Gasteiger partial charge in [-0.15, -0.1) is 4.58 Å². The first-order valence-electron chi connectivity index (χ1n) is 2.90. The van der Waals surface area contributed by atoms with Crippen LogP contribution in [-0.2, 0) is 4.74 Å². The quantitative estimate of drug-likeness (QED) is 0.389. The highest BCUT2D eigenvalue weighted by Gasteiger charge is 2.12. The molecule has 0 aromatic carbocycles.